The molecule has 0 heteroatoms. The normalized spacial score (nSPS) is 14.3. The second-order valence-corrected chi connectivity index (χ2v) is 16.2. The zero-order valence-corrected chi connectivity index (χ0v) is 36.2. The second-order valence-electron chi connectivity index (χ2n) is 16.2. The van der Waals surface area contributed by atoms with Crippen LogP contribution in [-0.4, -0.2) is 0 Å². The van der Waals surface area contributed by atoms with E-state index < -0.39 is 0 Å². The Labute approximate surface area is 358 Å². The van der Waals surface area contributed by atoms with Crippen LogP contribution in [-0.2, 0) is 5.41 Å². The summed E-state index contributed by atoms with van der Waals surface area (Å²) in [5, 5.41) is 5.38. The molecule has 0 N–H and O–H groups in total. The minimum atomic E-state index is -0.0118. The standard InChI is InChI=1S/C28H26.C18H16.C14H14/c1-4-5-13-25-24-14-9-10-15-26(24)28(2,3)27(25)20-21-16-18-23(19-17-21)22-11-7-6-8-12-22;1-3-8-14-13(2)15-9-4-5-11-17(15)18-12-7-6-10-16(14)18;1-11-3-7-13(8-4-11)14-9-5-12(2)6-10-14/h4-20H,1-3H3;3-12H,1-2H3;3-10H,1-2H3/b5-4+,25-13-,27-20+;8-3-;. The van der Waals surface area contributed by atoms with Gasteiger partial charge in [0.1, 0.15) is 0 Å². The molecule has 0 unspecified atom stereocenters. The summed E-state index contributed by atoms with van der Waals surface area (Å²) in [6.07, 6.45) is 13.2. The minimum Gasteiger partial charge on any atom is -0.0876 e. The maximum absolute atomic E-state index is 2.35. The predicted molar refractivity (Wildman–Crippen MR) is 264 cm³/mol. The molecule has 8 aromatic carbocycles. The molecule has 60 heavy (non-hydrogen) atoms. The molecule has 0 amide bonds. The van der Waals surface area contributed by atoms with Crippen LogP contribution in [0.4, 0.5) is 0 Å². The molecule has 0 aliphatic heterocycles. The van der Waals surface area contributed by atoms with E-state index in [4.69, 9.17) is 0 Å². The van der Waals surface area contributed by atoms with Crippen LogP contribution in [0.1, 0.15) is 66.6 Å². The highest BCUT2D eigenvalue weighted by molar-refractivity contribution is 6.12. The molecule has 8 aromatic rings. The lowest BCUT2D eigenvalue weighted by Gasteiger charge is -2.22. The van der Waals surface area contributed by atoms with Gasteiger partial charge in [0.15, 0.2) is 0 Å². The SMILES string of the molecule is C/C=C/C=C1\C(=C/c2ccc(-c3ccccc3)cc2)C(C)(C)c2ccccc21.C/C=C\c1c(C)c2ccccc2c2ccccc12.Cc1ccc(-c2ccc(C)cc2)cc1. The number of aryl methyl sites for hydroxylation is 3. The van der Waals surface area contributed by atoms with Gasteiger partial charge in [-0.3, -0.25) is 0 Å². The number of rotatable bonds is 5. The lowest BCUT2D eigenvalue weighted by Crippen LogP contribution is -2.14. The average molecular weight is 777 g/mol. The Kier molecular flexibility index (Phi) is 13.0. The molecule has 0 atom stereocenters. The van der Waals surface area contributed by atoms with E-state index in [0.29, 0.717) is 0 Å². The minimum absolute atomic E-state index is 0.0118. The van der Waals surface area contributed by atoms with Crippen molar-refractivity contribution >= 4 is 39.3 Å². The van der Waals surface area contributed by atoms with Crippen molar-refractivity contribution in [1.29, 1.82) is 0 Å². The Morgan fingerprint density at radius 3 is 1.47 bits per heavy atom. The lowest BCUT2D eigenvalue weighted by molar-refractivity contribution is 0.665. The van der Waals surface area contributed by atoms with E-state index in [1.807, 2.05) is 0 Å². The molecule has 0 bridgehead atoms. The number of allylic oxidation sites excluding steroid dienone is 6. The van der Waals surface area contributed by atoms with E-state index in [0.717, 1.165) is 0 Å². The van der Waals surface area contributed by atoms with Crippen LogP contribution in [0.2, 0.25) is 0 Å². The molecule has 0 aromatic heterocycles. The fourth-order valence-corrected chi connectivity index (χ4v) is 8.31. The molecule has 1 aliphatic carbocycles. The number of hydrogen-bond donors (Lipinski definition) is 0. The van der Waals surface area contributed by atoms with Crippen molar-refractivity contribution in [3.8, 4) is 22.3 Å². The molecule has 0 nitrogen and oxygen atoms in total. The summed E-state index contributed by atoms with van der Waals surface area (Å²) in [5.41, 5.74) is 17.1. The summed E-state index contributed by atoms with van der Waals surface area (Å²) in [5.74, 6) is 0. The Bertz CT molecular complexity index is 2780. The summed E-state index contributed by atoms with van der Waals surface area (Å²) in [6.45, 7) is 15.2. The third-order valence-corrected chi connectivity index (χ3v) is 11.7. The van der Waals surface area contributed by atoms with Gasteiger partial charge in [-0.2, -0.15) is 0 Å². The molecule has 0 spiro atoms. The van der Waals surface area contributed by atoms with E-state index in [1.54, 1.807) is 0 Å². The largest absolute Gasteiger partial charge is 0.0876 e. The monoisotopic (exact) mass is 776 g/mol. The van der Waals surface area contributed by atoms with Crippen molar-refractivity contribution in [2.75, 3.05) is 0 Å². The van der Waals surface area contributed by atoms with E-state index in [9.17, 15) is 0 Å². The molecule has 0 saturated carbocycles. The van der Waals surface area contributed by atoms with Gasteiger partial charge < -0.3 is 0 Å². The van der Waals surface area contributed by atoms with Crippen LogP contribution in [0.15, 0.2) is 206 Å². The average Bonchev–Trinajstić information content (AvgIpc) is 3.50. The third kappa shape index (κ3) is 9.10. The first-order chi connectivity index (χ1) is 29.2. The van der Waals surface area contributed by atoms with Crippen LogP contribution in [0.3, 0.4) is 0 Å². The summed E-state index contributed by atoms with van der Waals surface area (Å²) >= 11 is 0. The van der Waals surface area contributed by atoms with Gasteiger partial charge in [-0.05, 0) is 117 Å². The topological polar surface area (TPSA) is 0 Å². The quantitative estimate of drug-likeness (QED) is 0.153. The molecular weight excluding hydrogens is 721 g/mol. The Hall–Kier alpha value is -6.76. The highest BCUT2D eigenvalue weighted by Crippen LogP contribution is 2.50. The zero-order chi connectivity index (χ0) is 42.1. The first-order valence-electron chi connectivity index (χ1n) is 21.2. The summed E-state index contributed by atoms with van der Waals surface area (Å²) in [7, 11) is 0. The van der Waals surface area contributed by atoms with Crippen LogP contribution >= 0.6 is 0 Å². The third-order valence-electron chi connectivity index (χ3n) is 11.7. The molecule has 0 saturated heterocycles. The smallest absolute Gasteiger partial charge is 0.0159 e. The zero-order valence-electron chi connectivity index (χ0n) is 36.2. The number of benzene rings is 8. The van der Waals surface area contributed by atoms with Gasteiger partial charge >= 0.3 is 0 Å². The van der Waals surface area contributed by atoms with Crippen LogP contribution < -0.4 is 0 Å². The lowest BCUT2D eigenvalue weighted by atomic mass is 9.81. The summed E-state index contributed by atoms with van der Waals surface area (Å²) in [4.78, 5) is 0. The van der Waals surface area contributed by atoms with Crippen molar-refractivity contribution in [3.63, 3.8) is 0 Å². The van der Waals surface area contributed by atoms with Crippen molar-refractivity contribution in [2.45, 2.75) is 53.9 Å². The van der Waals surface area contributed by atoms with E-state index >= 15 is 0 Å². The number of fused-ring (bicyclic) bond motifs is 4. The van der Waals surface area contributed by atoms with Gasteiger partial charge in [-0.1, -0.05) is 237 Å². The maximum atomic E-state index is 2.35. The van der Waals surface area contributed by atoms with Crippen molar-refractivity contribution < 1.29 is 0 Å². The summed E-state index contributed by atoms with van der Waals surface area (Å²) in [6, 6.07) is 62.8. The first kappa shape index (κ1) is 41.4. The molecular formula is C60H56. The van der Waals surface area contributed by atoms with E-state index in [2.05, 4.69) is 261 Å². The maximum Gasteiger partial charge on any atom is 0.0159 e. The van der Waals surface area contributed by atoms with Gasteiger partial charge in [0.25, 0.3) is 0 Å². The van der Waals surface area contributed by atoms with Gasteiger partial charge in [-0.15, -0.1) is 0 Å². The Morgan fingerprint density at radius 2 is 0.900 bits per heavy atom. The molecule has 0 fully saturated rings. The van der Waals surface area contributed by atoms with Gasteiger partial charge in [0.2, 0.25) is 0 Å². The molecule has 0 heterocycles. The fourth-order valence-electron chi connectivity index (χ4n) is 8.31. The Balaban J connectivity index is 0.000000146. The molecule has 9 rings (SSSR count). The van der Waals surface area contributed by atoms with Crippen molar-refractivity contribution in [3.05, 3.63) is 245 Å². The van der Waals surface area contributed by atoms with Crippen LogP contribution in [0.5, 0.6) is 0 Å². The van der Waals surface area contributed by atoms with E-state index in [1.165, 1.54) is 93.9 Å². The fraction of sp³-hybridized carbons (Fsp3) is 0.133. The molecule has 296 valence electrons. The highest BCUT2D eigenvalue weighted by Gasteiger charge is 2.37. The van der Waals surface area contributed by atoms with Gasteiger partial charge in [0, 0.05) is 5.41 Å². The predicted octanol–water partition coefficient (Wildman–Crippen LogP) is 17.0. The van der Waals surface area contributed by atoms with Crippen molar-refractivity contribution in [1.82, 2.24) is 0 Å². The number of hydrogen-bond acceptors (Lipinski definition) is 0. The van der Waals surface area contributed by atoms with Crippen LogP contribution in [0, 0.1) is 20.8 Å². The first-order valence-corrected chi connectivity index (χ1v) is 21.2. The second kappa shape index (κ2) is 18.9. The van der Waals surface area contributed by atoms with Gasteiger partial charge in [0.05, 0.1) is 0 Å². The summed E-state index contributed by atoms with van der Waals surface area (Å²) < 4.78 is 0. The van der Waals surface area contributed by atoms with Gasteiger partial charge in [-0.25, -0.2) is 0 Å². The Morgan fingerprint density at radius 1 is 0.433 bits per heavy atom. The highest BCUT2D eigenvalue weighted by atomic mass is 14.4. The molecule has 0 radical (unpaired) electrons. The molecule has 1 aliphatic rings. The van der Waals surface area contributed by atoms with E-state index in [-0.39, 0.29) is 5.41 Å². The van der Waals surface area contributed by atoms with Crippen molar-refractivity contribution in [2.24, 2.45) is 0 Å². The van der Waals surface area contributed by atoms with Crippen LogP contribution in [0.25, 0.3) is 61.5 Å².